The molecule has 1 aromatic rings. The zero-order valence-corrected chi connectivity index (χ0v) is 11.5. The van der Waals surface area contributed by atoms with Gasteiger partial charge in [-0.25, -0.2) is 0 Å². The van der Waals surface area contributed by atoms with E-state index in [0.29, 0.717) is 24.0 Å². The molecule has 5 heteroatoms. The lowest BCUT2D eigenvalue weighted by molar-refractivity contribution is 0.0781. The highest BCUT2D eigenvalue weighted by molar-refractivity contribution is 5.93. The Labute approximate surface area is 114 Å². The summed E-state index contributed by atoms with van der Waals surface area (Å²) in [6, 6.07) is 2.23. The van der Waals surface area contributed by atoms with Gasteiger partial charge in [-0.1, -0.05) is 0 Å². The van der Waals surface area contributed by atoms with Crippen LogP contribution in [-0.2, 0) is 0 Å². The van der Waals surface area contributed by atoms with Crippen LogP contribution in [0.25, 0.3) is 0 Å². The number of nitrogens with two attached hydrogens (primary N) is 1. The molecule has 2 rings (SSSR count). The van der Waals surface area contributed by atoms with Gasteiger partial charge < -0.3 is 20.3 Å². The summed E-state index contributed by atoms with van der Waals surface area (Å²) in [7, 11) is 1.82. The van der Waals surface area contributed by atoms with Gasteiger partial charge in [0.2, 0.25) is 0 Å². The van der Waals surface area contributed by atoms with E-state index in [1.807, 2.05) is 17.8 Å². The van der Waals surface area contributed by atoms with Crippen LogP contribution >= 0.6 is 0 Å². The quantitative estimate of drug-likeness (QED) is 0.736. The molecule has 0 atom stereocenters. The highest BCUT2D eigenvalue weighted by atomic mass is 16.2. The van der Waals surface area contributed by atoms with Gasteiger partial charge >= 0.3 is 0 Å². The van der Waals surface area contributed by atoms with Crippen LogP contribution in [0, 0.1) is 0 Å². The topological polar surface area (TPSA) is 71.5 Å². The first-order valence-corrected chi connectivity index (χ1v) is 6.97. The molecular formula is C14H23N3O2. The van der Waals surface area contributed by atoms with Crippen molar-refractivity contribution in [2.75, 3.05) is 25.9 Å². The van der Waals surface area contributed by atoms with Crippen LogP contribution < -0.4 is 5.73 Å². The Morgan fingerprint density at radius 1 is 1.47 bits per heavy atom. The highest BCUT2D eigenvalue weighted by Gasteiger charge is 2.28. The molecule has 0 radical (unpaired) electrons. The molecule has 1 fully saturated rings. The third kappa shape index (κ3) is 3.50. The summed E-state index contributed by atoms with van der Waals surface area (Å²) in [5, 5.41) is 8.73. The fraction of sp³-hybridized carbons (Fsp3) is 0.643. The molecule has 19 heavy (non-hydrogen) atoms. The molecule has 0 aromatic carbocycles. The molecule has 1 heterocycles. The minimum absolute atomic E-state index is 0.0348. The van der Waals surface area contributed by atoms with Crippen molar-refractivity contribution in [2.24, 2.45) is 0 Å². The lowest BCUT2D eigenvalue weighted by Crippen LogP contribution is -2.29. The zero-order chi connectivity index (χ0) is 13.8. The van der Waals surface area contributed by atoms with E-state index in [4.69, 9.17) is 10.8 Å². The summed E-state index contributed by atoms with van der Waals surface area (Å²) in [4.78, 5) is 14.1. The molecule has 0 saturated heterocycles. The van der Waals surface area contributed by atoms with E-state index >= 15 is 0 Å². The van der Waals surface area contributed by atoms with Crippen LogP contribution in [0.2, 0.25) is 0 Å². The second-order valence-corrected chi connectivity index (χ2v) is 5.31. The van der Waals surface area contributed by atoms with Gasteiger partial charge in [0.1, 0.15) is 5.69 Å². The first kappa shape index (κ1) is 13.9. The normalized spacial score (nSPS) is 14.6. The Morgan fingerprint density at radius 3 is 2.84 bits per heavy atom. The van der Waals surface area contributed by atoms with E-state index in [1.165, 1.54) is 0 Å². The summed E-state index contributed by atoms with van der Waals surface area (Å²) in [6.45, 7) is 0.938. The molecule has 1 aliphatic rings. The predicted octanol–water partition coefficient (Wildman–Crippen LogP) is 1.64. The number of aliphatic hydroxyl groups is 1. The Hall–Kier alpha value is -1.49. The Morgan fingerprint density at radius 2 is 2.21 bits per heavy atom. The standard InChI is InChI=1S/C14H23N3O2/c1-16(7-3-2-4-8-18)14(19)13-9-11(15)10-17(13)12-5-6-12/h9-10,12,18H,2-8,15H2,1H3. The lowest BCUT2D eigenvalue weighted by Gasteiger charge is -2.18. The Balaban J connectivity index is 1.94. The van der Waals surface area contributed by atoms with Gasteiger partial charge in [0.05, 0.1) is 5.69 Å². The number of amides is 1. The van der Waals surface area contributed by atoms with Crippen molar-refractivity contribution in [3.8, 4) is 0 Å². The Bertz CT molecular complexity index is 438. The van der Waals surface area contributed by atoms with E-state index in [-0.39, 0.29) is 12.5 Å². The van der Waals surface area contributed by atoms with Gasteiger partial charge in [0, 0.05) is 32.4 Å². The number of carbonyl (C=O) groups is 1. The molecule has 1 amide bonds. The molecule has 5 nitrogen and oxygen atoms in total. The van der Waals surface area contributed by atoms with Crippen molar-refractivity contribution in [3.05, 3.63) is 18.0 Å². The van der Waals surface area contributed by atoms with Gasteiger partial charge in [0.25, 0.3) is 5.91 Å². The summed E-state index contributed by atoms with van der Waals surface area (Å²) >= 11 is 0. The summed E-state index contributed by atoms with van der Waals surface area (Å²) in [6.07, 6.45) is 6.80. The van der Waals surface area contributed by atoms with E-state index < -0.39 is 0 Å². The van der Waals surface area contributed by atoms with E-state index in [1.54, 1.807) is 11.0 Å². The molecule has 3 N–H and O–H groups in total. The van der Waals surface area contributed by atoms with Crippen LogP contribution in [0.1, 0.15) is 48.6 Å². The number of carbonyl (C=O) groups excluding carboxylic acids is 1. The smallest absolute Gasteiger partial charge is 0.270 e. The minimum Gasteiger partial charge on any atom is -0.397 e. The number of nitrogen functional groups attached to an aromatic ring is 1. The number of rotatable bonds is 7. The van der Waals surface area contributed by atoms with E-state index in [9.17, 15) is 4.79 Å². The van der Waals surface area contributed by atoms with E-state index in [2.05, 4.69) is 0 Å². The maximum absolute atomic E-state index is 12.4. The summed E-state index contributed by atoms with van der Waals surface area (Å²) in [5.74, 6) is 0.0348. The van der Waals surface area contributed by atoms with E-state index in [0.717, 1.165) is 32.1 Å². The molecule has 0 bridgehead atoms. The van der Waals surface area contributed by atoms with Crippen LogP contribution in [0.4, 0.5) is 5.69 Å². The number of anilines is 1. The molecule has 1 aromatic heterocycles. The fourth-order valence-corrected chi connectivity index (χ4v) is 2.26. The third-order valence-electron chi connectivity index (χ3n) is 3.53. The highest BCUT2D eigenvalue weighted by Crippen LogP contribution is 2.37. The predicted molar refractivity (Wildman–Crippen MR) is 75.0 cm³/mol. The van der Waals surface area contributed by atoms with Crippen LogP contribution in [0.3, 0.4) is 0 Å². The Kier molecular flexibility index (Phi) is 4.47. The number of nitrogens with zero attached hydrogens (tertiary/aromatic N) is 2. The van der Waals surface area contributed by atoms with Gasteiger partial charge in [-0.3, -0.25) is 4.79 Å². The largest absolute Gasteiger partial charge is 0.397 e. The average molecular weight is 265 g/mol. The van der Waals surface area contributed by atoms with Crippen molar-refractivity contribution in [1.29, 1.82) is 0 Å². The first-order chi connectivity index (χ1) is 9.13. The molecule has 0 unspecified atom stereocenters. The number of hydrogen-bond donors (Lipinski definition) is 2. The first-order valence-electron chi connectivity index (χ1n) is 6.97. The third-order valence-corrected chi connectivity index (χ3v) is 3.53. The number of aliphatic hydroxyl groups excluding tert-OH is 1. The maximum Gasteiger partial charge on any atom is 0.270 e. The van der Waals surface area contributed by atoms with Crippen LogP contribution in [0.5, 0.6) is 0 Å². The van der Waals surface area contributed by atoms with Crippen molar-refractivity contribution >= 4 is 11.6 Å². The molecule has 1 aliphatic carbocycles. The number of aromatic nitrogens is 1. The van der Waals surface area contributed by atoms with Crippen LogP contribution in [0.15, 0.2) is 12.3 Å². The second-order valence-electron chi connectivity index (χ2n) is 5.31. The van der Waals surface area contributed by atoms with Gasteiger partial charge in [-0.15, -0.1) is 0 Å². The number of unbranched alkanes of at least 4 members (excludes halogenated alkanes) is 2. The number of hydrogen-bond acceptors (Lipinski definition) is 3. The maximum atomic E-state index is 12.4. The van der Waals surface area contributed by atoms with Gasteiger partial charge in [-0.05, 0) is 38.2 Å². The molecule has 106 valence electrons. The monoisotopic (exact) mass is 265 g/mol. The minimum atomic E-state index is 0.0348. The molecule has 1 saturated carbocycles. The van der Waals surface area contributed by atoms with Crippen molar-refractivity contribution < 1.29 is 9.90 Å². The SMILES string of the molecule is CN(CCCCCO)C(=O)c1cc(N)cn1C1CC1. The van der Waals surface area contributed by atoms with Crippen molar-refractivity contribution in [3.63, 3.8) is 0 Å². The fourth-order valence-electron chi connectivity index (χ4n) is 2.26. The second kappa shape index (κ2) is 6.10. The van der Waals surface area contributed by atoms with Crippen LogP contribution in [-0.4, -0.2) is 40.7 Å². The molecule has 0 spiro atoms. The van der Waals surface area contributed by atoms with Crippen molar-refractivity contribution in [2.45, 2.75) is 38.1 Å². The van der Waals surface area contributed by atoms with Crippen molar-refractivity contribution in [1.82, 2.24) is 9.47 Å². The van der Waals surface area contributed by atoms with Gasteiger partial charge in [0.15, 0.2) is 0 Å². The zero-order valence-electron chi connectivity index (χ0n) is 11.5. The summed E-state index contributed by atoms with van der Waals surface area (Å²) < 4.78 is 2.02. The molecular weight excluding hydrogens is 242 g/mol. The molecule has 0 aliphatic heterocycles. The lowest BCUT2D eigenvalue weighted by atomic mass is 10.2. The van der Waals surface area contributed by atoms with Gasteiger partial charge in [-0.2, -0.15) is 0 Å². The summed E-state index contributed by atoms with van der Waals surface area (Å²) in [5.41, 5.74) is 7.16. The average Bonchev–Trinajstić information content (AvgIpc) is 3.16.